The zero-order valence-corrected chi connectivity index (χ0v) is 11.0. The molecule has 1 aromatic carbocycles. The molecule has 1 aliphatic rings. The lowest BCUT2D eigenvalue weighted by Gasteiger charge is -2.31. The number of rotatable bonds is 4. The molecule has 0 amide bonds. The number of halogens is 1. The zero-order chi connectivity index (χ0) is 13.0. The van der Waals surface area contributed by atoms with E-state index in [9.17, 15) is 4.39 Å². The summed E-state index contributed by atoms with van der Waals surface area (Å²) in [6, 6.07) is 5.16. The van der Waals surface area contributed by atoms with E-state index in [1.165, 1.54) is 7.11 Å². The summed E-state index contributed by atoms with van der Waals surface area (Å²) >= 11 is 0. The maximum absolute atomic E-state index is 13.6. The van der Waals surface area contributed by atoms with Gasteiger partial charge in [0.1, 0.15) is 0 Å². The standard InChI is InChI=1S/C14H20FNO2/c1-17-12-5-7-16(8-6-12)10-11-3-4-14(18-2)13(15)9-11/h3-4,9,12H,5-8,10H2,1-2H3. The highest BCUT2D eigenvalue weighted by Crippen LogP contribution is 2.20. The molecule has 0 N–H and O–H groups in total. The summed E-state index contributed by atoms with van der Waals surface area (Å²) in [5.41, 5.74) is 0.990. The van der Waals surface area contributed by atoms with Gasteiger partial charge in [-0.3, -0.25) is 4.90 Å². The van der Waals surface area contributed by atoms with E-state index in [1.807, 2.05) is 6.07 Å². The van der Waals surface area contributed by atoms with Gasteiger partial charge in [0.15, 0.2) is 11.6 Å². The summed E-state index contributed by atoms with van der Waals surface area (Å²) in [5, 5.41) is 0. The van der Waals surface area contributed by atoms with Crippen LogP contribution in [0, 0.1) is 5.82 Å². The second-order valence-corrected chi connectivity index (χ2v) is 4.68. The maximum atomic E-state index is 13.6. The molecule has 0 aromatic heterocycles. The lowest BCUT2D eigenvalue weighted by Crippen LogP contribution is -2.36. The lowest BCUT2D eigenvalue weighted by atomic mass is 10.1. The van der Waals surface area contributed by atoms with Crippen molar-refractivity contribution in [2.75, 3.05) is 27.3 Å². The number of methoxy groups -OCH3 is 2. The largest absolute Gasteiger partial charge is 0.494 e. The first-order valence-electron chi connectivity index (χ1n) is 6.30. The van der Waals surface area contributed by atoms with Crippen LogP contribution in [0.15, 0.2) is 18.2 Å². The number of nitrogens with zero attached hydrogens (tertiary/aromatic N) is 1. The van der Waals surface area contributed by atoms with Crippen LogP contribution in [0.2, 0.25) is 0 Å². The van der Waals surface area contributed by atoms with Gasteiger partial charge in [-0.15, -0.1) is 0 Å². The van der Waals surface area contributed by atoms with E-state index in [2.05, 4.69) is 4.90 Å². The minimum absolute atomic E-state index is 0.290. The van der Waals surface area contributed by atoms with Crippen molar-refractivity contribution in [1.82, 2.24) is 4.90 Å². The smallest absolute Gasteiger partial charge is 0.165 e. The van der Waals surface area contributed by atoms with Gasteiger partial charge in [-0.25, -0.2) is 4.39 Å². The third-order valence-electron chi connectivity index (χ3n) is 3.49. The van der Waals surface area contributed by atoms with Crippen molar-refractivity contribution in [1.29, 1.82) is 0 Å². The minimum Gasteiger partial charge on any atom is -0.494 e. The van der Waals surface area contributed by atoms with Crippen LogP contribution in [0.3, 0.4) is 0 Å². The molecule has 2 rings (SSSR count). The number of hydrogen-bond donors (Lipinski definition) is 0. The molecule has 1 saturated heterocycles. The van der Waals surface area contributed by atoms with E-state index in [0.29, 0.717) is 11.9 Å². The molecule has 4 heteroatoms. The van der Waals surface area contributed by atoms with Crippen molar-refractivity contribution < 1.29 is 13.9 Å². The second kappa shape index (κ2) is 6.16. The Hall–Kier alpha value is -1.13. The fraction of sp³-hybridized carbons (Fsp3) is 0.571. The summed E-state index contributed by atoms with van der Waals surface area (Å²) in [6.07, 6.45) is 2.48. The van der Waals surface area contributed by atoms with Crippen molar-refractivity contribution in [3.05, 3.63) is 29.6 Å². The summed E-state index contributed by atoms with van der Waals surface area (Å²) < 4.78 is 23.8. The van der Waals surface area contributed by atoms with Crippen molar-refractivity contribution >= 4 is 0 Å². The number of benzene rings is 1. The van der Waals surface area contributed by atoms with Crippen LogP contribution in [-0.2, 0) is 11.3 Å². The first kappa shape index (κ1) is 13.3. The van der Waals surface area contributed by atoms with E-state index in [1.54, 1.807) is 19.2 Å². The molecular formula is C14H20FNO2. The topological polar surface area (TPSA) is 21.7 Å². The Kier molecular flexibility index (Phi) is 4.55. The van der Waals surface area contributed by atoms with Gasteiger partial charge in [-0.05, 0) is 30.5 Å². The molecule has 0 unspecified atom stereocenters. The maximum Gasteiger partial charge on any atom is 0.165 e. The Morgan fingerprint density at radius 2 is 2.00 bits per heavy atom. The molecule has 18 heavy (non-hydrogen) atoms. The van der Waals surface area contributed by atoms with Gasteiger partial charge in [0.2, 0.25) is 0 Å². The molecule has 0 radical (unpaired) electrons. The Balaban J connectivity index is 1.92. The highest BCUT2D eigenvalue weighted by Gasteiger charge is 2.18. The zero-order valence-electron chi connectivity index (χ0n) is 11.0. The molecule has 3 nitrogen and oxygen atoms in total. The fourth-order valence-electron chi connectivity index (χ4n) is 2.37. The van der Waals surface area contributed by atoms with Crippen LogP contribution in [0.5, 0.6) is 5.75 Å². The lowest BCUT2D eigenvalue weighted by molar-refractivity contribution is 0.0388. The van der Waals surface area contributed by atoms with E-state index in [0.717, 1.165) is 38.0 Å². The van der Waals surface area contributed by atoms with Crippen molar-refractivity contribution in [3.63, 3.8) is 0 Å². The van der Waals surface area contributed by atoms with Gasteiger partial charge in [-0.2, -0.15) is 0 Å². The Labute approximate surface area is 107 Å². The summed E-state index contributed by atoms with van der Waals surface area (Å²) in [5.74, 6) is 0.0126. The monoisotopic (exact) mass is 253 g/mol. The van der Waals surface area contributed by atoms with Gasteiger partial charge in [0.05, 0.1) is 13.2 Å². The summed E-state index contributed by atoms with van der Waals surface area (Å²) in [6.45, 7) is 2.80. The number of likely N-dealkylation sites (tertiary alicyclic amines) is 1. The average molecular weight is 253 g/mol. The van der Waals surface area contributed by atoms with Crippen molar-refractivity contribution in [3.8, 4) is 5.75 Å². The summed E-state index contributed by atoms with van der Waals surface area (Å²) in [7, 11) is 3.24. The molecular weight excluding hydrogens is 233 g/mol. The molecule has 1 aliphatic heterocycles. The Morgan fingerprint density at radius 3 is 2.56 bits per heavy atom. The summed E-state index contributed by atoms with van der Waals surface area (Å²) in [4.78, 5) is 2.33. The molecule has 0 atom stereocenters. The predicted octanol–water partition coefficient (Wildman–Crippen LogP) is 2.45. The third kappa shape index (κ3) is 3.21. The number of ether oxygens (including phenoxy) is 2. The molecule has 0 saturated carbocycles. The van der Waals surface area contributed by atoms with Crippen LogP contribution in [0.25, 0.3) is 0 Å². The Bertz CT molecular complexity index is 389. The van der Waals surface area contributed by atoms with E-state index in [-0.39, 0.29) is 5.82 Å². The minimum atomic E-state index is -0.290. The third-order valence-corrected chi connectivity index (χ3v) is 3.49. The molecule has 100 valence electrons. The van der Waals surface area contributed by atoms with E-state index in [4.69, 9.17) is 9.47 Å². The van der Waals surface area contributed by atoms with Crippen LogP contribution < -0.4 is 4.74 Å². The van der Waals surface area contributed by atoms with Gasteiger partial charge in [-0.1, -0.05) is 6.07 Å². The highest BCUT2D eigenvalue weighted by molar-refractivity contribution is 5.29. The highest BCUT2D eigenvalue weighted by atomic mass is 19.1. The van der Waals surface area contributed by atoms with Gasteiger partial charge >= 0.3 is 0 Å². The Morgan fingerprint density at radius 1 is 1.28 bits per heavy atom. The van der Waals surface area contributed by atoms with Crippen LogP contribution in [0.4, 0.5) is 4.39 Å². The van der Waals surface area contributed by atoms with Crippen LogP contribution in [-0.4, -0.2) is 38.3 Å². The van der Waals surface area contributed by atoms with Crippen LogP contribution in [0.1, 0.15) is 18.4 Å². The fourth-order valence-corrected chi connectivity index (χ4v) is 2.37. The average Bonchev–Trinajstić information content (AvgIpc) is 2.40. The second-order valence-electron chi connectivity index (χ2n) is 4.68. The normalized spacial score (nSPS) is 17.9. The quantitative estimate of drug-likeness (QED) is 0.822. The molecule has 1 heterocycles. The van der Waals surface area contributed by atoms with E-state index < -0.39 is 0 Å². The first-order chi connectivity index (χ1) is 8.72. The molecule has 0 bridgehead atoms. The first-order valence-corrected chi connectivity index (χ1v) is 6.30. The van der Waals surface area contributed by atoms with Crippen molar-refractivity contribution in [2.45, 2.75) is 25.5 Å². The van der Waals surface area contributed by atoms with Gasteiger partial charge in [0.25, 0.3) is 0 Å². The van der Waals surface area contributed by atoms with Crippen LogP contribution >= 0.6 is 0 Å². The van der Waals surface area contributed by atoms with Gasteiger partial charge < -0.3 is 9.47 Å². The molecule has 0 aliphatic carbocycles. The SMILES string of the molecule is COc1ccc(CN2CCC(OC)CC2)cc1F. The van der Waals surface area contributed by atoms with E-state index >= 15 is 0 Å². The molecule has 1 aromatic rings. The van der Waals surface area contributed by atoms with Gasteiger partial charge in [0, 0.05) is 26.7 Å². The number of piperidine rings is 1. The number of hydrogen-bond acceptors (Lipinski definition) is 3. The predicted molar refractivity (Wildman–Crippen MR) is 68.3 cm³/mol. The molecule has 1 fully saturated rings. The molecule has 0 spiro atoms. The van der Waals surface area contributed by atoms with Crippen molar-refractivity contribution in [2.24, 2.45) is 0 Å².